The molecular weight excluding hydrogens is 140 g/mol. The Kier molecular flexibility index (Phi) is 2.17. The van der Waals surface area contributed by atoms with Crippen LogP contribution >= 0.6 is 0 Å². The second-order valence-electron chi connectivity index (χ2n) is 2.83. The molecule has 1 rings (SSSR count). The molecule has 0 unspecified atom stereocenters. The highest BCUT2D eigenvalue weighted by molar-refractivity contribution is 5.73. The molecular formula is C8H14N2O. The van der Waals surface area contributed by atoms with Crippen molar-refractivity contribution in [1.82, 2.24) is 10.4 Å². The summed E-state index contributed by atoms with van der Waals surface area (Å²) in [6, 6.07) is 0. The van der Waals surface area contributed by atoms with Crippen LogP contribution in [-0.4, -0.2) is 17.5 Å². The van der Waals surface area contributed by atoms with E-state index < -0.39 is 0 Å². The van der Waals surface area contributed by atoms with Crippen LogP contribution in [0, 0.1) is 0 Å². The molecule has 62 valence electrons. The Morgan fingerprint density at radius 2 is 2.36 bits per heavy atom. The van der Waals surface area contributed by atoms with E-state index in [1.54, 1.807) is 11.9 Å². The Bertz CT molecular complexity index is 208. The van der Waals surface area contributed by atoms with Crippen LogP contribution in [0.4, 0.5) is 0 Å². The number of amides is 1. The predicted octanol–water partition coefficient (Wildman–Crippen LogP) is 1.04. The minimum atomic E-state index is 0.0767. The summed E-state index contributed by atoms with van der Waals surface area (Å²) in [7, 11) is 0. The second kappa shape index (κ2) is 2.95. The quantitative estimate of drug-likeness (QED) is 0.612. The lowest BCUT2D eigenvalue weighted by Crippen LogP contribution is -2.36. The van der Waals surface area contributed by atoms with Crippen molar-refractivity contribution in [3.8, 4) is 0 Å². The summed E-state index contributed by atoms with van der Waals surface area (Å²) in [5.74, 6) is 0.0767. The molecule has 3 heteroatoms. The number of hydrogen-bond acceptors (Lipinski definition) is 2. The van der Waals surface area contributed by atoms with E-state index in [1.165, 1.54) is 11.3 Å². The lowest BCUT2D eigenvalue weighted by atomic mass is 10.2. The van der Waals surface area contributed by atoms with Crippen LogP contribution in [0.5, 0.6) is 0 Å². The van der Waals surface area contributed by atoms with E-state index in [2.05, 4.69) is 19.3 Å². The van der Waals surface area contributed by atoms with Crippen LogP contribution in [0.2, 0.25) is 0 Å². The number of hydrogen-bond donors (Lipinski definition) is 1. The Morgan fingerprint density at radius 3 is 2.64 bits per heavy atom. The van der Waals surface area contributed by atoms with Gasteiger partial charge >= 0.3 is 0 Å². The fraction of sp³-hybridized carbons (Fsp3) is 0.625. The minimum absolute atomic E-state index is 0.0767. The number of carbonyl (C=O) groups excluding carboxylic acids is 1. The largest absolute Gasteiger partial charge is 0.300 e. The molecule has 1 aliphatic heterocycles. The average Bonchev–Trinajstić information content (AvgIpc) is 2.31. The van der Waals surface area contributed by atoms with Gasteiger partial charge in [0.1, 0.15) is 0 Å². The van der Waals surface area contributed by atoms with Gasteiger partial charge in [0.15, 0.2) is 0 Å². The number of rotatable bonds is 1. The summed E-state index contributed by atoms with van der Waals surface area (Å²) >= 11 is 0. The SMILES string of the molecule is CCC1=C(C)CN(C(C)=O)N1. The van der Waals surface area contributed by atoms with Crippen molar-refractivity contribution in [2.75, 3.05) is 6.54 Å². The second-order valence-corrected chi connectivity index (χ2v) is 2.83. The summed E-state index contributed by atoms with van der Waals surface area (Å²) in [6.07, 6.45) is 0.968. The maximum absolute atomic E-state index is 10.9. The van der Waals surface area contributed by atoms with Crippen LogP contribution in [-0.2, 0) is 4.79 Å². The number of nitrogens with zero attached hydrogens (tertiary/aromatic N) is 1. The molecule has 0 radical (unpaired) electrons. The topological polar surface area (TPSA) is 32.3 Å². The maximum atomic E-state index is 10.9. The summed E-state index contributed by atoms with van der Waals surface area (Å²) in [5.41, 5.74) is 5.50. The van der Waals surface area contributed by atoms with E-state index >= 15 is 0 Å². The van der Waals surface area contributed by atoms with E-state index in [9.17, 15) is 4.79 Å². The molecule has 0 aromatic rings. The highest BCUT2D eigenvalue weighted by Gasteiger charge is 2.18. The molecule has 1 amide bonds. The zero-order valence-corrected chi connectivity index (χ0v) is 7.27. The van der Waals surface area contributed by atoms with Crippen molar-refractivity contribution in [2.45, 2.75) is 27.2 Å². The normalized spacial score (nSPS) is 17.2. The van der Waals surface area contributed by atoms with Crippen LogP contribution in [0.15, 0.2) is 11.3 Å². The van der Waals surface area contributed by atoms with Gasteiger partial charge in [-0.3, -0.25) is 15.2 Å². The molecule has 11 heavy (non-hydrogen) atoms. The molecule has 3 nitrogen and oxygen atoms in total. The molecule has 0 saturated carbocycles. The van der Waals surface area contributed by atoms with Gasteiger partial charge < -0.3 is 0 Å². The van der Waals surface area contributed by atoms with Gasteiger partial charge in [0.25, 0.3) is 0 Å². The maximum Gasteiger partial charge on any atom is 0.238 e. The van der Waals surface area contributed by atoms with Crippen molar-refractivity contribution < 1.29 is 4.79 Å². The fourth-order valence-corrected chi connectivity index (χ4v) is 1.20. The molecule has 0 fully saturated rings. The first-order chi connectivity index (χ1) is 5.15. The van der Waals surface area contributed by atoms with Gasteiger partial charge in [0.05, 0.1) is 6.54 Å². The zero-order chi connectivity index (χ0) is 8.43. The van der Waals surface area contributed by atoms with Gasteiger partial charge in [-0.2, -0.15) is 0 Å². The molecule has 0 aromatic heterocycles. The van der Waals surface area contributed by atoms with Crippen molar-refractivity contribution in [3.05, 3.63) is 11.3 Å². The smallest absolute Gasteiger partial charge is 0.238 e. The van der Waals surface area contributed by atoms with E-state index in [0.29, 0.717) is 0 Å². The highest BCUT2D eigenvalue weighted by Crippen LogP contribution is 2.13. The standard InChI is InChI=1S/C8H14N2O/c1-4-8-6(2)5-10(9-8)7(3)11/h9H,4-5H2,1-3H3. The highest BCUT2D eigenvalue weighted by atomic mass is 16.2. The number of hydrazine groups is 1. The summed E-state index contributed by atoms with van der Waals surface area (Å²) in [6.45, 7) is 6.43. The third-order valence-corrected chi connectivity index (χ3v) is 1.91. The summed E-state index contributed by atoms with van der Waals surface area (Å²) in [5, 5.41) is 1.63. The van der Waals surface area contributed by atoms with Crippen molar-refractivity contribution >= 4 is 5.91 Å². The number of carbonyl (C=O) groups is 1. The lowest BCUT2D eigenvalue weighted by molar-refractivity contribution is -0.130. The Morgan fingerprint density at radius 1 is 1.73 bits per heavy atom. The number of nitrogens with one attached hydrogen (secondary N) is 1. The van der Waals surface area contributed by atoms with E-state index in [4.69, 9.17) is 0 Å². The first-order valence-electron chi connectivity index (χ1n) is 3.88. The van der Waals surface area contributed by atoms with Crippen molar-refractivity contribution in [1.29, 1.82) is 0 Å². The first kappa shape index (κ1) is 8.11. The fourth-order valence-electron chi connectivity index (χ4n) is 1.20. The van der Waals surface area contributed by atoms with E-state index in [1.807, 2.05) is 0 Å². The predicted molar refractivity (Wildman–Crippen MR) is 43.5 cm³/mol. The van der Waals surface area contributed by atoms with E-state index in [0.717, 1.165) is 13.0 Å². The third-order valence-electron chi connectivity index (χ3n) is 1.91. The molecule has 0 aliphatic carbocycles. The van der Waals surface area contributed by atoms with Gasteiger partial charge in [-0.25, -0.2) is 0 Å². The molecule has 0 bridgehead atoms. The Hall–Kier alpha value is -0.990. The number of allylic oxidation sites excluding steroid dienone is 1. The van der Waals surface area contributed by atoms with Crippen LogP contribution in [0.3, 0.4) is 0 Å². The van der Waals surface area contributed by atoms with Crippen molar-refractivity contribution in [3.63, 3.8) is 0 Å². The molecule has 1 aliphatic rings. The lowest BCUT2D eigenvalue weighted by Gasteiger charge is -2.14. The van der Waals surface area contributed by atoms with Gasteiger partial charge in [-0.1, -0.05) is 6.92 Å². The van der Waals surface area contributed by atoms with Gasteiger partial charge in [-0.05, 0) is 18.9 Å². The summed E-state index contributed by atoms with van der Waals surface area (Å²) in [4.78, 5) is 10.9. The van der Waals surface area contributed by atoms with Crippen LogP contribution in [0.1, 0.15) is 27.2 Å². The zero-order valence-electron chi connectivity index (χ0n) is 7.27. The monoisotopic (exact) mass is 154 g/mol. The molecule has 0 spiro atoms. The molecule has 0 saturated heterocycles. The molecule has 1 N–H and O–H groups in total. The van der Waals surface area contributed by atoms with Crippen LogP contribution in [0.25, 0.3) is 0 Å². The van der Waals surface area contributed by atoms with Gasteiger partial charge in [0.2, 0.25) is 5.91 Å². The van der Waals surface area contributed by atoms with Gasteiger partial charge in [0, 0.05) is 12.6 Å². The minimum Gasteiger partial charge on any atom is -0.300 e. The Labute approximate surface area is 67.0 Å². The van der Waals surface area contributed by atoms with Gasteiger partial charge in [-0.15, -0.1) is 0 Å². The first-order valence-corrected chi connectivity index (χ1v) is 3.88. The molecule has 0 atom stereocenters. The van der Waals surface area contributed by atoms with Crippen molar-refractivity contribution in [2.24, 2.45) is 0 Å². The average molecular weight is 154 g/mol. The van der Waals surface area contributed by atoms with Crippen LogP contribution < -0.4 is 5.43 Å². The molecule has 1 heterocycles. The third kappa shape index (κ3) is 1.53. The van der Waals surface area contributed by atoms with E-state index in [-0.39, 0.29) is 5.91 Å². The Balaban J connectivity index is 2.60. The molecule has 0 aromatic carbocycles. The summed E-state index contributed by atoms with van der Waals surface area (Å²) < 4.78 is 0.